The van der Waals surface area contributed by atoms with Crippen LogP contribution in [0.25, 0.3) is 0 Å². The number of hydrogen-bond acceptors (Lipinski definition) is 3. The van der Waals surface area contributed by atoms with Crippen LogP contribution in [0.3, 0.4) is 0 Å². The first-order valence-corrected chi connectivity index (χ1v) is 9.46. The molecular weight excluding hydrogens is 417 g/mol. The van der Waals surface area contributed by atoms with Crippen molar-refractivity contribution in [3.8, 4) is 0 Å². The molecule has 6 heteroatoms. The van der Waals surface area contributed by atoms with Gasteiger partial charge in [-0.25, -0.2) is 0 Å². The van der Waals surface area contributed by atoms with Gasteiger partial charge in [0.1, 0.15) is 6.10 Å². The van der Waals surface area contributed by atoms with Crippen molar-refractivity contribution in [3.05, 3.63) is 0 Å². The lowest BCUT2D eigenvalue weighted by atomic mass is 9.80. The fourth-order valence-corrected chi connectivity index (χ4v) is 4.24. The summed E-state index contributed by atoms with van der Waals surface area (Å²) in [6.45, 7) is 6.92. The van der Waals surface area contributed by atoms with Gasteiger partial charge in [0.15, 0.2) is 5.96 Å². The average molecular weight is 451 g/mol. The third-order valence-corrected chi connectivity index (χ3v) is 5.80. The molecule has 0 aromatic rings. The summed E-state index contributed by atoms with van der Waals surface area (Å²) in [5.41, 5.74) is 0. The fourth-order valence-electron chi connectivity index (χ4n) is 4.24. The number of nitrogens with one attached hydrogen (secondary N) is 1. The van der Waals surface area contributed by atoms with Crippen LogP contribution in [0.5, 0.6) is 0 Å². The molecule has 0 aromatic heterocycles. The van der Waals surface area contributed by atoms with Crippen molar-refractivity contribution < 1.29 is 9.47 Å². The van der Waals surface area contributed by atoms with E-state index in [0.29, 0.717) is 0 Å². The van der Waals surface area contributed by atoms with E-state index in [9.17, 15) is 0 Å². The number of halogens is 1. The molecule has 2 saturated heterocycles. The highest BCUT2D eigenvalue weighted by molar-refractivity contribution is 14.0. The Morgan fingerprint density at radius 2 is 1.88 bits per heavy atom. The van der Waals surface area contributed by atoms with Gasteiger partial charge in [-0.1, -0.05) is 26.2 Å². The van der Waals surface area contributed by atoms with E-state index < -0.39 is 0 Å². The number of ether oxygens (including phenoxy) is 2. The van der Waals surface area contributed by atoms with Crippen molar-refractivity contribution in [2.45, 2.75) is 57.7 Å². The van der Waals surface area contributed by atoms with Crippen LogP contribution in [0.15, 0.2) is 4.99 Å². The van der Waals surface area contributed by atoms with Gasteiger partial charge >= 0.3 is 0 Å². The Bertz CT molecular complexity index is 402. The number of rotatable bonds is 3. The largest absolute Gasteiger partial charge is 0.375 e. The minimum Gasteiger partial charge on any atom is -0.375 e. The fraction of sp³-hybridized carbons (Fsp3) is 0.944. The topological polar surface area (TPSA) is 46.1 Å². The minimum atomic E-state index is 0. The van der Waals surface area contributed by atoms with Crippen LogP contribution in [0.4, 0.5) is 0 Å². The highest BCUT2D eigenvalue weighted by Crippen LogP contribution is 2.29. The highest BCUT2D eigenvalue weighted by Gasteiger charge is 2.32. The zero-order chi connectivity index (χ0) is 16.1. The SMILES string of the molecule is CN=C(NCC1CCCCC1C)N1CCOC(C2CCCO2)C1.I. The van der Waals surface area contributed by atoms with Crippen molar-refractivity contribution in [1.29, 1.82) is 0 Å². The van der Waals surface area contributed by atoms with Crippen LogP contribution < -0.4 is 5.32 Å². The second-order valence-corrected chi connectivity index (χ2v) is 7.36. The summed E-state index contributed by atoms with van der Waals surface area (Å²) in [6.07, 6.45) is 8.28. The molecule has 3 aliphatic rings. The third kappa shape index (κ3) is 5.21. The monoisotopic (exact) mass is 451 g/mol. The van der Waals surface area contributed by atoms with Gasteiger partial charge in [0.2, 0.25) is 0 Å². The van der Waals surface area contributed by atoms with E-state index in [0.717, 1.165) is 63.5 Å². The Hall–Kier alpha value is -0.0800. The van der Waals surface area contributed by atoms with E-state index >= 15 is 0 Å². The van der Waals surface area contributed by atoms with E-state index in [-0.39, 0.29) is 36.2 Å². The van der Waals surface area contributed by atoms with E-state index in [1.807, 2.05) is 7.05 Å². The molecule has 4 atom stereocenters. The molecule has 140 valence electrons. The minimum absolute atomic E-state index is 0. The number of morpholine rings is 1. The summed E-state index contributed by atoms with van der Waals surface area (Å²) >= 11 is 0. The van der Waals surface area contributed by atoms with E-state index in [1.54, 1.807) is 0 Å². The summed E-state index contributed by atoms with van der Waals surface area (Å²) in [4.78, 5) is 6.87. The molecule has 1 N–H and O–H groups in total. The predicted octanol–water partition coefficient (Wildman–Crippen LogP) is 2.89. The maximum atomic E-state index is 5.95. The molecule has 4 unspecified atom stereocenters. The van der Waals surface area contributed by atoms with Gasteiger partial charge in [-0.2, -0.15) is 0 Å². The Kier molecular flexibility index (Phi) is 8.57. The summed E-state index contributed by atoms with van der Waals surface area (Å²) in [5, 5.41) is 3.63. The first-order chi connectivity index (χ1) is 11.3. The van der Waals surface area contributed by atoms with Crippen LogP contribution in [0.1, 0.15) is 45.4 Å². The number of aliphatic imine (C=N–C) groups is 1. The standard InChI is InChI=1S/C18H33N3O2.HI/c1-14-6-3-4-7-15(14)12-20-18(19-2)21-9-11-23-17(13-21)16-8-5-10-22-16;/h14-17H,3-13H2,1-2H3,(H,19,20);1H. The molecule has 1 aliphatic carbocycles. The van der Waals surface area contributed by atoms with Crippen molar-refractivity contribution in [3.63, 3.8) is 0 Å². The van der Waals surface area contributed by atoms with Gasteiger partial charge in [-0.15, -0.1) is 24.0 Å². The van der Waals surface area contributed by atoms with Crippen LogP contribution in [-0.4, -0.2) is 63.0 Å². The van der Waals surface area contributed by atoms with Gasteiger partial charge < -0.3 is 19.7 Å². The van der Waals surface area contributed by atoms with Crippen molar-refractivity contribution in [2.75, 3.05) is 39.9 Å². The molecule has 1 saturated carbocycles. The van der Waals surface area contributed by atoms with Crippen LogP contribution in [-0.2, 0) is 9.47 Å². The Morgan fingerprint density at radius 3 is 2.58 bits per heavy atom. The second kappa shape index (κ2) is 10.2. The molecular formula is C18H34IN3O2. The third-order valence-electron chi connectivity index (χ3n) is 5.80. The van der Waals surface area contributed by atoms with Crippen molar-refractivity contribution >= 4 is 29.9 Å². The first kappa shape index (κ1) is 20.2. The van der Waals surface area contributed by atoms with Crippen molar-refractivity contribution in [1.82, 2.24) is 10.2 Å². The maximum Gasteiger partial charge on any atom is 0.193 e. The summed E-state index contributed by atoms with van der Waals surface area (Å²) in [7, 11) is 1.89. The quantitative estimate of drug-likeness (QED) is 0.407. The van der Waals surface area contributed by atoms with Gasteiger partial charge in [0, 0.05) is 33.3 Å². The molecule has 0 bridgehead atoms. The normalized spacial score (nSPS) is 34.8. The van der Waals surface area contributed by atoms with Gasteiger partial charge in [0.25, 0.3) is 0 Å². The molecule has 2 heterocycles. The lowest BCUT2D eigenvalue weighted by Gasteiger charge is -2.38. The maximum absolute atomic E-state index is 5.95. The Labute approximate surface area is 164 Å². The smallest absolute Gasteiger partial charge is 0.193 e. The zero-order valence-electron chi connectivity index (χ0n) is 15.2. The van der Waals surface area contributed by atoms with E-state index in [4.69, 9.17) is 9.47 Å². The van der Waals surface area contributed by atoms with Crippen molar-refractivity contribution in [2.24, 2.45) is 16.8 Å². The van der Waals surface area contributed by atoms with Gasteiger partial charge in [-0.05, 0) is 31.1 Å². The predicted molar refractivity (Wildman–Crippen MR) is 108 cm³/mol. The molecule has 3 fully saturated rings. The zero-order valence-corrected chi connectivity index (χ0v) is 17.5. The molecule has 0 amide bonds. The average Bonchev–Trinajstić information content (AvgIpc) is 3.12. The molecule has 0 spiro atoms. The molecule has 0 aromatic carbocycles. The molecule has 5 nitrogen and oxygen atoms in total. The molecule has 3 rings (SSSR count). The van der Waals surface area contributed by atoms with Crippen LogP contribution in [0.2, 0.25) is 0 Å². The Balaban J connectivity index is 0.00000208. The Morgan fingerprint density at radius 1 is 1.08 bits per heavy atom. The van der Waals surface area contributed by atoms with Gasteiger partial charge in [0.05, 0.1) is 12.7 Å². The molecule has 24 heavy (non-hydrogen) atoms. The highest BCUT2D eigenvalue weighted by atomic mass is 127. The number of hydrogen-bond donors (Lipinski definition) is 1. The lowest BCUT2D eigenvalue weighted by Crippen LogP contribution is -2.54. The number of nitrogens with zero attached hydrogens (tertiary/aromatic N) is 2. The second-order valence-electron chi connectivity index (χ2n) is 7.36. The van der Waals surface area contributed by atoms with Gasteiger partial charge in [-0.3, -0.25) is 4.99 Å². The summed E-state index contributed by atoms with van der Waals surface area (Å²) in [5.74, 6) is 2.66. The van der Waals surface area contributed by atoms with E-state index in [2.05, 4.69) is 22.1 Å². The first-order valence-electron chi connectivity index (χ1n) is 9.46. The summed E-state index contributed by atoms with van der Waals surface area (Å²) in [6, 6.07) is 0. The molecule has 0 radical (unpaired) electrons. The lowest BCUT2D eigenvalue weighted by molar-refractivity contribution is -0.0817. The van der Waals surface area contributed by atoms with E-state index in [1.165, 1.54) is 25.7 Å². The van der Waals surface area contributed by atoms with Crippen LogP contribution >= 0.6 is 24.0 Å². The molecule has 2 aliphatic heterocycles. The summed E-state index contributed by atoms with van der Waals surface area (Å²) < 4.78 is 11.8. The van der Waals surface area contributed by atoms with Crippen LogP contribution in [0, 0.1) is 11.8 Å². The number of guanidine groups is 1.